The summed E-state index contributed by atoms with van der Waals surface area (Å²) in [5.74, 6) is 1.68. The maximum atomic E-state index is 12.6. The van der Waals surface area contributed by atoms with Gasteiger partial charge in [-0.15, -0.1) is 5.10 Å². The SMILES string of the molecule is CCCCCOc1cccc(C(=O)Nc2nnc(-c3cc(OC)cc(OC)c3)o2)c1. The largest absolute Gasteiger partial charge is 0.497 e. The van der Waals surface area contributed by atoms with E-state index in [1.807, 2.05) is 6.07 Å². The Morgan fingerprint density at radius 1 is 1.00 bits per heavy atom. The van der Waals surface area contributed by atoms with E-state index < -0.39 is 0 Å². The first-order valence-electron chi connectivity index (χ1n) is 9.74. The highest BCUT2D eigenvalue weighted by Gasteiger charge is 2.15. The molecule has 158 valence electrons. The van der Waals surface area contributed by atoms with Crippen LogP contribution in [-0.4, -0.2) is 36.9 Å². The van der Waals surface area contributed by atoms with E-state index in [1.165, 1.54) is 0 Å². The molecule has 0 saturated carbocycles. The third-order valence-corrected chi connectivity index (χ3v) is 4.36. The van der Waals surface area contributed by atoms with E-state index in [2.05, 4.69) is 22.4 Å². The van der Waals surface area contributed by atoms with Gasteiger partial charge >= 0.3 is 6.01 Å². The van der Waals surface area contributed by atoms with Crippen LogP contribution in [0.3, 0.4) is 0 Å². The molecule has 0 bridgehead atoms. The molecule has 3 aromatic rings. The van der Waals surface area contributed by atoms with E-state index in [-0.39, 0.29) is 17.8 Å². The lowest BCUT2D eigenvalue weighted by atomic mass is 10.2. The fourth-order valence-electron chi connectivity index (χ4n) is 2.76. The number of anilines is 1. The molecule has 1 N–H and O–H groups in total. The van der Waals surface area contributed by atoms with Gasteiger partial charge in [0.2, 0.25) is 5.89 Å². The maximum Gasteiger partial charge on any atom is 0.322 e. The molecular formula is C22H25N3O5. The number of methoxy groups -OCH3 is 2. The lowest BCUT2D eigenvalue weighted by Crippen LogP contribution is -2.12. The standard InChI is InChI=1S/C22H25N3O5/c1-4-5-6-10-29-17-9-7-8-15(11-17)20(26)23-22-25-24-21(30-22)16-12-18(27-2)14-19(13-16)28-3/h7-9,11-14H,4-6,10H2,1-3H3,(H,23,25,26). The molecule has 0 radical (unpaired) electrons. The van der Waals surface area contributed by atoms with Crippen molar-refractivity contribution in [1.82, 2.24) is 10.2 Å². The summed E-state index contributed by atoms with van der Waals surface area (Å²) in [6.45, 7) is 2.76. The van der Waals surface area contributed by atoms with Crippen LogP contribution in [0, 0.1) is 0 Å². The summed E-state index contributed by atoms with van der Waals surface area (Å²) in [5.41, 5.74) is 1.05. The predicted octanol–water partition coefficient (Wildman–Crippen LogP) is 4.58. The molecule has 0 atom stereocenters. The van der Waals surface area contributed by atoms with E-state index in [9.17, 15) is 4.79 Å². The summed E-state index contributed by atoms with van der Waals surface area (Å²) in [5, 5.41) is 10.5. The van der Waals surface area contributed by atoms with Gasteiger partial charge in [-0.05, 0) is 36.8 Å². The Balaban J connectivity index is 1.68. The Kier molecular flexibility index (Phi) is 7.26. The molecule has 0 aliphatic heterocycles. The molecule has 1 aromatic heterocycles. The molecule has 0 fully saturated rings. The molecule has 2 aromatic carbocycles. The number of ether oxygens (including phenoxy) is 3. The van der Waals surface area contributed by atoms with E-state index in [4.69, 9.17) is 18.6 Å². The van der Waals surface area contributed by atoms with Crippen molar-refractivity contribution in [2.24, 2.45) is 0 Å². The zero-order valence-electron chi connectivity index (χ0n) is 17.3. The highest BCUT2D eigenvalue weighted by Crippen LogP contribution is 2.29. The molecule has 8 nitrogen and oxygen atoms in total. The highest BCUT2D eigenvalue weighted by atomic mass is 16.5. The molecule has 1 heterocycles. The van der Waals surface area contributed by atoms with Crippen molar-refractivity contribution >= 4 is 11.9 Å². The lowest BCUT2D eigenvalue weighted by Gasteiger charge is -2.07. The van der Waals surface area contributed by atoms with Crippen molar-refractivity contribution in [3.63, 3.8) is 0 Å². The number of rotatable bonds is 10. The number of hydrogen-bond acceptors (Lipinski definition) is 7. The highest BCUT2D eigenvalue weighted by molar-refractivity contribution is 6.03. The van der Waals surface area contributed by atoms with Crippen molar-refractivity contribution in [2.45, 2.75) is 26.2 Å². The van der Waals surface area contributed by atoms with Crippen LogP contribution in [-0.2, 0) is 0 Å². The second-order valence-electron chi connectivity index (χ2n) is 6.55. The minimum absolute atomic E-state index is 0.00828. The number of benzene rings is 2. The second-order valence-corrected chi connectivity index (χ2v) is 6.55. The van der Waals surface area contributed by atoms with Crippen LogP contribution >= 0.6 is 0 Å². The Morgan fingerprint density at radius 3 is 2.47 bits per heavy atom. The van der Waals surface area contributed by atoms with Crippen LogP contribution in [0.1, 0.15) is 36.5 Å². The smallest absolute Gasteiger partial charge is 0.322 e. The van der Waals surface area contributed by atoms with Crippen LogP contribution in [0.15, 0.2) is 46.9 Å². The molecule has 0 aliphatic rings. The van der Waals surface area contributed by atoms with Crippen LogP contribution in [0.4, 0.5) is 6.01 Å². The van der Waals surface area contributed by atoms with Crippen LogP contribution in [0.2, 0.25) is 0 Å². The number of unbranched alkanes of at least 4 members (excludes halogenated alkanes) is 2. The minimum Gasteiger partial charge on any atom is -0.497 e. The van der Waals surface area contributed by atoms with E-state index in [0.29, 0.717) is 35.0 Å². The van der Waals surface area contributed by atoms with E-state index in [0.717, 1.165) is 19.3 Å². The molecular weight excluding hydrogens is 386 g/mol. The quantitative estimate of drug-likeness (QED) is 0.488. The summed E-state index contributed by atoms with van der Waals surface area (Å²) >= 11 is 0. The van der Waals surface area contributed by atoms with Crippen molar-refractivity contribution in [2.75, 3.05) is 26.1 Å². The average Bonchev–Trinajstić information content (AvgIpc) is 3.25. The Morgan fingerprint density at radius 2 is 1.77 bits per heavy atom. The van der Waals surface area contributed by atoms with Crippen LogP contribution < -0.4 is 19.5 Å². The van der Waals surface area contributed by atoms with Gasteiger partial charge in [0.05, 0.1) is 20.8 Å². The Bertz CT molecular complexity index is 964. The Hall–Kier alpha value is -3.55. The molecule has 0 spiro atoms. The number of hydrogen-bond donors (Lipinski definition) is 1. The van der Waals surface area contributed by atoms with Gasteiger partial charge in [-0.25, -0.2) is 0 Å². The maximum absolute atomic E-state index is 12.6. The second kappa shape index (κ2) is 10.3. The fourth-order valence-corrected chi connectivity index (χ4v) is 2.76. The summed E-state index contributed by atoms with van der Waals surface area (Å²) < 4.78 is 21.8. The van der Waals surface area contributed by atoms with Crippen molar-refractivity contribution in [3.05, 3.63) is 48.0 Å². The van der Waals surface area contributed by atoms with Gasteiger partial charge in [-0.2, -0.15) is 0 Å². The van der Waals surface area contributed by atoms with Gasteiger partial charge in [0.1, 0.15) is 17.2 Å². The average molecular weight is 411 g/mol. The van der Waals surface area contributed by atoms with Gasteiger partial charge in [-0.1, -0.05) is 30.9 Å². The van der Waals surface area contributed by atoms with Gasteiger partial charge in [0.25, 0.3) is 5.91 Å². The van der Waals surface area contributed by atoms with Gasteiger partial charge in [0.15, 0.2) is 0 Å². The first kappa shape index (κ1) is 21.2. The third-order valence-electron chi connectivity index (χ3n) is 4.36. The zero-order chi connectivity index (χ0) is 21.3. The first-order chi connectivity index (χ1) is 14.6. The first-order valence-corrected chi connectivity index (χ1v) is 9.74. The lowest BCUT2D eigenvalue weighted by molar-refractivity contribution is 0.102. The van der Waals surface area contributed by atoms with Crippen molar-refractivity contribution in [3.8, 4) is 28.7 Å². The van der Waals surface area contributed by atoms with E-state index >= 15 is 0 Å². The number of aromatic nitrogens is 2. The molecule has 0 unspecified atom stereocenters. The van der Waals surface area contributed by atoms with Gasteiger partial charge in [0, 0.05) is 17.2 Å². The van der Waals surface area contributed by atoms with Gasteiger partial charge in [-0.3, -0.25) is 10.1 Å². The summed E-state index contributed by atoms with van der Waals surface area (Å²) in [6, 6.07) is 12.2. The predicted molar refractivity (Wildman–Crippen MR) is 112 cm³/mol. The number of carbonyl (C=O) groups excluding carboxylic acids is 1. The molecule has 30 heavy (non-hydrogen) atoms. The fraction of sp³-hybridized carbons (Fsp3) is 0.318. The van der Waals surface area contributed by atoms with Crippen molar-refractivity contribution < 1.29 is 23.4 Å². The zero-order valence-corrected chi connectivity index (χ0v) is 17.3. The number of amides is 1. The number of nitrogens with zero attached hydrogens (tertiary/aromatic N) is 2. The van der Waals surface area contributed by atoms with Crippen LogP contribution in [0.5, 0.6) is 17.2 Å². The molecule has 3 rings (SSSR count). The number of carbonyl (C=O) groups is 1. The van der Waals surface area contributed by atoms with Gasteiger partial charge < -0.3 is 18.6 Å². The van der Waals surface area contributed by atoms with Crippen molar-refractivity contribution in [1.29, 1.82) is 0 Å². The third kappa shape index (κ3) is 5.50. The normalized spacial score (nSPS) is 10.5. The topological polar surface area (TPSA) is 95.7 Å². The summed E-state index contributed by atoms with van der Waals surface area (Å²) in [4.78, 5) is 12.6. The molecule has 1 amide bonds. The Labute approximate surface area is 175 Å². The molecule has 0 saturated heterocycles. The minimum atomic E-state index is -0.368. The molecule has 8 heteroatoms. The molecule has 0 aliphatic carbocycles. The van der Waals surface area contributed by atoms with E-state index in [1.54, 1.807) is 50.6 Å². The summed E-state index contributed by atoms with van der Waals surface area (Å²) in [6.07, 6.45) is 3.21. The monoisotopic (exact) mass is 411 g/mol. The van der Waals surface area contributed by atoms with Crippen LogP contribution in [0.25, 0.3) is 11.5 Å². The summed E-state index contributed by atoms with van der Waals surface area (Å²) in [7, 11) is 3.11. The number of nitrogens with one attached hydrogen (secondary N) is 1.